The Morgan fingerprint density at radius 2 is 2.14 bits per heavy atom. The molecule has 0 atom stereocenters. The molecule has 0 aliphatic rings. The van der Waals surface area contributed by atoms with Crippen LogP contribution in [0.1, 0.15) is 15.9 Å². The summed E-state index contributed by atoms with van der Waals surface area (Å²) in [6.45, 7) is -0.729. The van der Waals surface area contributed by atoms with Gasteiger partial charge in [0.15, 0.2) is 0 Å². The van der Waals surface area contributed by atoms with Gasteiger partial charge in [0, 0.05) is 12.1 Å². The van der Waals surface area contributed by atoms with Gasteiger partial charge in [-0.3, -0.25) is 4.79 Å². The number of alkyl halides is 1. The lowest BCUT2D eigenvalue weighted by Crippen LogP contribution is -2.16. The van der Waals surface area contributed by atoms with E-state index in [1.54, 1.807) is 24.3 Å². The van der Waals surface area contributed by atoms with E-state index >= 15 is 0 Å². The lowest BCUT2D eigenvalue weighted by molar-refractivity contribution is 0.100. The van der Waals surface area contributed by atoms with Gasteiger partial charge in [-0.1, -0.05) is 18.2 Å². The number of ether oxygens (including phenoxy) is 1. The first kappa shape index (κ1) is 14.7. The molecule has 7 heteroatoms. The zero-order chi connectivity index (χ0) is 15.2. The predicted molar refractivity (Wildman–Crippen MR) is 73.1 cm³/mol. The van der Waals surface area contributed by atoms with Crippen molar-refractivity contribution >= 4 is 11.7 Å². The van der Waals surface area contributed by atoms with Crippen LogP contribution >= 0.6 is 0 Å². The minimum absolute atomic E-state index is 0.0566. The van der Waals surface area contributed by atoms with Gasteiger partial charge in [-0.15, -0.1) is 0 Å². The second kappa shape index (κ2) is 6.65. The highest BCUT2D eigenvalue weighted by atomic mass is 19.1. The number of carbonyl (C=O) groups is 1. The van der Waals surface area contributed by atoms with E-state index in [0.717, 1.165) is 12.3 Å². The van der Waals surface area contributed by atoms with E-state index < -0.39 is 18.6 Å². The molecule has 21 heavy (non-hydrogen) atoms. The van der Waals surface area contributed by atoms with Gasteiger partial charge in [-0.05, 0) is 12.1 Å². The summed E-state index contributed by atoms with van der Waals surface area (Å²) in [5.41, 5.74) is 5.78. The highest BCUT2D eigenvalue weighted by Gasteiger charge is 2.12. The first-order valence-electron chi connectivity index (χ1n) is 6.07. The minimum Gasteiger partial charge on any atom is -0.463 e. The van der Waals surface area contributed by atoms with Crippen LogP contribution in [-0.4, -0.2) is 17.8 Å². The average Bonchev–Trinajstić information content (AvgIpc) is 2.47. The van der Waals surface area contributed by atoms with E-state index in [-0.39, 0.29) is 17.9 Å². The van der Waals surface area contributed by atoms with Gasteiger partial charge >= 0.3 is 0 Å². The quantitative estimate of drug-likeness (QED) is 0.856. The number of para-hydroxylation sites is 1. The fourth-order valence-corrected chi connectivity index (χ4v) is 1.80. The SMILES string of the molecule is NC(=O)c1cc(F)cnc1NCc1ccccc1OCF. The summed E-state index contributed by atoms with van der Waals surface area (Å²) >= 11 is 0. The Morgan fingerprint density at radius 3 is 2.86 bits per heavy atom. The summed E-state index contributed by atoms with van der Waals surface area (Å²) in [4.78, 5) is 15.0. The van der Waals surface area contributed by atoms with E-state index in [0.29, 0.717) is 11.3 Å². The van der Waals surface area contributed by atoms with Crippen LogP contribution in [0.3, 0.4) is 0 Å². The molecule has 1 amide bonds. The van der Waals surface area contributed by atoms with E-state index in [1.807, 2.05) is 0 Å². The molecule has 1 aromatic heterocycles. The van der Waals surface area contributed by atoms with Crippen LogP contribution in [0, 0.1) is 5.82 Å². The number of hydrogen-bond donors (Lipinski definition) is 2. The van der Waals surface area contributed by atoms with Gasteiger partial charge < -0.3 is 15.8 Å². The van der Waals surface area contributed by atoms with Crippen molar-refractivity contribution in [1.29, 1.82) is 0 Å². The molecule has 0 saturated heterocycles. The summed E-state index contributed by atoms with van der Waals surface area (Å²) < 4.78 is 30.2. The number of nitrogens with one attached hydrogen (secondary N) is 1. The Hall–Kier alpha value is -2.70. The molecule has 2 aromatic rings. The van der Waals surface area contributed by atoms with Crippen LogP contribution in [-0.2, 0) is 6.54 Å². The number of rotatable bonds is 6. The lowest BCUT2D eigenvalue weighted by Gasteiger charge is -2.12. The second-order valence-electron chi connectivity index (χ2n) is 4.13. The molecule has 1 heterocycles. The molecule has 0 spiro atoms. The number of benzene rings is 1. The maximum Gasteiger partial charge on any atom is 0.252 e. The number of nitrogens with two attached hydrogens (primary N) is 1. The van der Waals surface area contributed by atoms with Crippen molar-refractivity contribution in [2.45, 2.75) is 6.54 Å². The Morgan fingerprint density at radius 1 is 1.38 bits per heavy atom. The smallest absolute Gasteiger partial charge is 0.252 e. The molecular weight excluding hydrogens is 280 g/mol. The Bertz CT molecular complexity index is 650. The van der Waals surface area contributed by atoms with Crippen molar-refractivity contribution in [3.63, 3.8) is 0 Å². The van der Waals surface area contributed by atoms with E-state index in [9.17, 15) is 13.6 Å². The van der Waals surface area contributed by atoms with Crippen molar-refractivity contribution in [2.75, 3.05) is 12.2 Å². The maximum absolute atomic E-state index is 13.1. The topological polar surface area (TPSA) is 77.2 Å². The first-order valence-corrected chi connectivity index (χ1v) is 6.07. The standard InChI is InChI=1S/C14H13F2N3O2/c15-8-21-12-4-2-1-3-9(12)6-18-14-11(13(17)20)5-10(16)7-19-14/h1-5,7H,6,8H2,(H2,17,20)(H,18,19). The predicted octanol–water partition coefficient (Wildman–Crippen LogP) is 2.24. The number of aromatic nitrogens is 1. The molecule has 0 aliphatic carbocycles. The minimum atomic E-state index is -0.946. The molecule has 3 N–H and O–H groups in total. The fourth-order valence-electron chi connectivity index (χ4n) is 1.80. The number of anilines is 1. The molecule has 1 aromatic carbocycles. The molecule has 5 nitrogen and oxygen atoms in total. The number of hydrogen-bond acceptors (Lipinski definition) is 4. The summed E-state index contributed by atoms with van der Waals surface area (Å²) in [6, 6.07) is 7.81. The van der Waals surface area contributed by atoms with Crippen LogP contribution in [0.25, 0.3) is 0 Å². The highest BCUT2D eigenvalue weighted by molar-refractivity contribution is 5.97. The van der Waals surface area contributed by atoms with Gasteiger partial charge in [-0.2, -0.15) is 0 Å². The summed E-state index contributed by atoms with van der Waals surface area (Å²) in [5.74, 6) is -0.928. The molecule has 0 unspecified atom stereocenters. The van der Waals surface area contributed by atoms with Crippen LogP contribution in [0.2, 0.25) is 0 Å². The number of primary amides is 1. The third-order valence-electron chi connectivity index (χ3n) is 2.75. The number of nitrogens with zero attached hydrogens (tertiary/aromatic N) is 1. The molecular formula is C14H13F2N3O2. The Labute approximate surface area is 119 Å². The van der Waals surface area contributed by atoms with Gasteiger partial charge in [-0.25, -0.2) is 13.8 Å². The largest absolute Gasteiger partial charge is 0.463 e. The van der Waals surface area contributed by atoms with Crippen LogP contribution in [0.5, 0.6) is 5.75 Å². The third kappa shape index (κ3) is 3.65. The molecule has 0 fully saturated rings. The van der Waals surface area contributed by atoms with Crippen molar-refractivity contribution < 1.29 is 18.3 Å². The zero-order valence-corrected chi connectivity index (χ0v) is 11.0. The Kier molecular flexibility index (Phi) is 4.65. The van der Waals surface area contributed by atoms with Gasteiger partial charge in [0.25, 0.3) is 5.91 Å². The zero-order valence-electron chi connectivity index (χ0n) is 11.0. The summed E-state index contributed by atoms with van der Waals surface area (Å²) in [6.07, 6.45) is 0.971. The summed E-state index contributed by atoms with van der Waals surface area (Å²) in [7, 11) is 0. The van der Waals surface area contributed by atoms with Crippen molar-refractivity contribution in [2.24, 2.45) is 5.73 Å². The first-order chi connectivity index (χ1) is 10.1. The maximum atomic E-state index is 13.1. The number of amides is 1. The van der Waals surface area contributed by atoms with Gasteiger partial charge in [0.05, 0.1) is 11.8 Å². The highest BCUT2D eigenvalue weighted by Crippen LogP contribution is 2.20. The fraction of sp³-hybridized carbons (Fsp3) is 0.143. The molecule has 0 bridgehead atoms. The molecule has 0 saturated carbocycles. The third-order valence-corrected chi connectivity index (χ3v) is 2.75. The van der Waals surface area contributed by atoms with E-state index in [2.05, 4.69) is 10.3 Å². The van der Waals surface area contributed by atoms with Crippen LogP contribution < -0.4 is 15.8 Å². The van der Waals surface area contributed by atoms with Crippen LogP contribution in [0.4, 0.5) is 14.6 Å². The molecule has 0 aliphatic heterocycles. The second-order valence-corrected chi connectivity index (χ2v) is 4.13. The summed E-state index contributed by atoms with van der Waals surface area (Å²) in [5, 5.41) is 2.86. The van der Waals surface area contributed by atoms with E-state index in [4.69, 9.17) is 10.5 Å². The molecule has 0 radical (unpaired) electrons. The lowest BCUT2D eigenvalue weighted by atomic mass is 10.2. The van der Waals surface area contributed by atoms with Crippen molar-refractivity contribution in [3.8, 4) is 5.75 Å². The van der Waals surface area contributed by atoms with Crippen molar-refractivity contribution in [3.05, 3.63) is 53.5 Å². The number of pyridine rings is 1. The van der Waals surface area contributed by atoms with Crippen LogP contribution in [0.15, 0.2) is 36.5 Å². The van der Waals surface area contributed by atoms with Gasteiger partial charge in [0.2, 0.25) is 6.86 Å². The Balaban J connectivity index is 2.19. The normalized spacial score (nSPS) is 10.2. The van der Waals surface area contributed by atoms with Crippen molar-refractivity contribution in [1.82, 2.24) is 4.98 Å². The van der Waals surface area contributed by atoms with E-state index in [1.165, 1.54) is 0 Å². The monoisotopic (exact) mass is 293 g/mol. The number of carbonyl (C=O) groups excluding carboxylic acids is 1. The van der Waals surface area contributed by atoms with Gasteiger partial charge in [0.1, 0.15) is 17.4 Å². The average molecular weight is 293 g/mol. The molecule has 110 valence electrons. The molecule has 2 rings (SSSR count). The number of halogens is 2.